The van der Waals surface area contributed by atoms with Crippen LogP contribution in [-0.2, 0) is 10.3 Å². The number of nitrogens with one attached hydrogen (secondary N) is 2. The molecule has 0 unspecified atom stereocenters. The molecule has 0 atom stereocenters. The van der Waals surface area contributed by atoms with E-state index in [2.05, 4.69) is 34.9 Å². The number of piperidine rings is 1. The summed E-state index contributed by atoms with van der Waals surface area (Å²) in [5, 5.41) is 6.78. The van der Waals surface area contributed by atoms with E-state index in [0.29, 0.717) is 6.42 Å². The molecule has 0 radical (unpaired) electrons. The Hall–Kier alpha value is -1.06. The van der Waals surface area contributed by atoms with Gasteiger partial charge in [0.2, 0.25) is 5.91 Å². The molecule has 1 aliphatic heterocycles. The van der Waals surface area contributed by atoms with Crippen molar-refractivity contribution in [2.24, 2.45) is 5.92 Å². The molecule has 128 valence electrons. The lowest BCUT2D eigenvalue weighted by atomic mass is 9.87. The first kappa shape index (κ1) is 18.3. The van der Waals surface area contributed by atoms with Gasteiger partial charge in [0, 0.05) is 6.42 Å². The minimum Gasteiger partial charge on any atom is -0.347 e. The summed E-state index contributed by atoms with van der Waals surface area (Å²) >= 11 is 0. The Kier molecular flexibility index (Phi) is 6.91. The second kappa shape index (κ2) is 8.70. The molecule has 1 saturated heterocycles. The molecule has 23 heavy (non-hydrogen) atoms. The molecule has 1 heterocycles. The average Bonchev–Trinajstić information content (AvgIpc) is 3.04. The Balaban J connectivity index is 0.00000192. The minimum absolute atomic E-state index is 0. The van der Waals surface area contributed by atoms with E-state index in [1.165, 1.54) is 31.2 Å². The monoisotopic (exact) mass is 336 g/mol. The molecule has 4 heteroatoms. The molecule has 2 N–H and O–H groups in total. The van der Waals surface area contributed by atoms with E-state index >= 15 is 0 Å². The number of carbonyl (C=O) groups excluding carboxylic acids is 1. The summed E-state index contributed by atoms with van der Waals surface area (Å²) in [4.78, 5) is 12.5. The maximum atomic E-state index is 12.5. The number of hydrogen-bond donors (Lipinski definition) is 2. The summed E-state index contributed by atoms with van der Waals surface area (Å²) in [5.41, 5.74) is 1.18. The van der Waals surface area contributed by atoms with Crippen molar-refractivity contribution in [2.75, 3.05) is 13.1 Å². The van der Waals surface area contributed by atoms with Crippen molar-refractivity contribution < 1.29 is 4.79 Å². The van der Waals surface area contributed by atoms with E-state index in [1.54, 1.807) is 0 Å². The van der Waals surface area contributed by atoms with Gasteiger partial charge in [0.15, 0.2) is 0 Å². The Morgan fingerprint density at radius 1 is 1.13 bits per heavy atom. The molecule has 0 bridgehead atoms. The smallest absolute Gasteiger partial charge is 0.220 e. The van der Waals surface area contributed by atoms with E-state index in [-0.39, 0.29) is 23.9 Å². The summed E-state index contributed by atoms with van der Waals surface area (Å²) in [5.74, 6) is 0.965. The molecule has 2 aliphatic rings. The molecule has 1 aliphatic carbocycles. The molecule has 0 spiro atoms. The topological polar surface area (TPSA) is 41.1 Å². The van der Waals surface area contributed by atoms with Gasteiger partial charge in [0.05, 0.1) is 5.54 Å². The molecule has 2 fully saturated rings. The number of benzene rings is 1. The van der Waals surface area contributed by atoms with Crippen molar-refractivity contribution in [3.8, 4) is 0 Å². The van der Waals surface area contributed by atoms with E-state index in [0.717, 1.165) is 38.3 Å². The predicted octanol–water partition coefficient (Wildman–Crippen LogP) is 3.77. The van der Waals surface area contributed by atoms with Crippen molar-refractivity contribution in [3.63, 3.8) is 0 Å². The van der Waals surface area contributed by atoms with Gasteiger partial charge in [-0.3, -0.25) is 4.79 Å². The number of halogens is 1. The minimum atomic E-state index is -0.105. The number of hydrogen-bond acceptors (Lipinski definition) is 2. The zero-order valence-corrected chi connectivity index (χ0v) is 14.7. The van der Waals surface area contributed by atoms with Crippen LogP contribution in [0.25, 0.3) is 0 Å². The van der Waals surface area contributed by atoms with Crippen molar-refractivity contribution in [1.82, 2.24) is 10.6 Å². The van der Waals surface area contributed by atoms with Crippen LogP contribution < -0.4 is 10.6 Å². The predicted molar refractivity (Wildman–Crippen MR) is 96.8 cm³/mol. The van der Waals surface area contributed by atoms with Crippen LogP contribution in [0.15, 0.2) is 30.3 Å². The van der Waals surface area contributed by atoms with Gasteiger partial charge in [0.1, 0.15) is 0 Å². The van der Waals surface area contributed by atoms with Crippen LogP contribution in [-0.4, -0.2) is 19.0 Å². The first-order valence-electron chi connectivity index (χ1n) is 8.86. The largest absolute Gasteiger partial charge is 0.347 e. The average molecular weight is 337 g/mol. The van der Waals surface area contributed by atoms with Crippen molar-refractivity contribution in [3.05, 3.63) is 35.9 Å². The van der Waals surface area contributed by atoms with E-state index in [9.17, 15) is 4.79 Å². The van der Waals surface area contributed by atoms with Gasteiger partial charge in [-0.2, -0.15) is 0 Å². The van der Waals surface area contributed by atoms with Crippen LogP contribution in [0.3, 0.4) is 0 Å². The summed E-state index contributed by atoms with van der Waals surface area (Å²) in [7, 11) is 0. The van der Waals surface area contributed by atoms with Crippen LogP contribution in [0, 0.1) is 5.92 Å². The number of amides is 1. The van der Waals surface area contributed by atoms with Crippen molar-refractivity contribution in [1.29, 1.82) is 0 Å². The lowest BCUT2D eigenvalue weighted by molar-refractivity contribution is -0.123. The van der Waals surface area contributed by atoms with E-state index in [4.69, 9.17) is 0 Å². The second-order valence-corrected chi connectivity index (χ2v) is 6.94. The lowest BCUT2D eigenvalue weighted by Gasteiger charge is -2.31. The maximum Gasteiger partial charge on any atom is 0.220 e. The summed E-state index contributed by atoms with van der Waals surface area (Å²) in [6, 6.07) is 10.5. The summed E-state index contributed by atoms with van der Waals surface area (Å²) in [6.07, 6.45) is 8.74. The highest BCUT2D eigenvalue weighted by Gasteiger charge is 2.36. The van der Waals surface area contributed by atoms with Crippen molar-refractivity contribution in [2.45, 2.75) is 56.9 Å². The Morgan fingerprint density at radius 3 is 2.43 bits per heavy atom. The van der Waals surface area contributed by atoms with Gasteiger partial charge in [0.25, 0.3) is 0 Å². The molecular formula is C19H29ClN2O. The summed E-state index contributed by atoms with van der Waals surface area (Å²) < 4.78 is 0. The third-order valence-corrected chi connectivity index (χ3v) is 5.40. The fourth-order valence-corrected chi connectivity index (χ4v) is 4.06. The van der Waals surface area contributed by atoms with Crippen LogP contribution >= 0.6 is 12.4 Å². The number of carbonyl (C=O) groups is 1. The van der Waals surface area contributed by atoms with Gasteiger partial charge in [-0.25, -0.2) is 0 Å². The van der Waals surface area contributed by atoms with E-state index < -0.39 is 0 Å². The third kappa shape index (κ3) is 4.71. The fourth-order valence-electron chi connectivity index (χ4n) is 4.06. The highest BCUT2D eigenvalue weighted by Crippen LogP contribution is 2.38. The van der Waals surface area contributed by atoms with Crippen LogP contribution in [0.1, 0.15) is 56.9 Å². The fraction of sp³-hybridized carbons (Fsp3) is 0.632. The number of rotatable bonds is 5. The Labute approximate surface area is 146 Å². The quantitative estimate of drug-likeness (QED) is 0.859. The van der Waals surface area contributed by atoms with Gasteiger partial charge >= 0.3 is 0 Å². The molecule has 0 aromatic heterocycles. The molecule has 1 aromatic rings. The molecule has 1 aromatic carbocycles. The highest BCUT2D eigenvalue weighted by atomic mass is 35.5. The van der Waals surface area contributed by atoms with Crippen LogP contribution in [0.4, 0.5) is 0 Å². The zero-order valence-electron chi connectivity index (χ0n) is 13.9. The Morgan fingerprint density at radius 2 is 1.78 bits per heavy atom. The zero-order chi connectivity index (χ0) is 15.3. The first-order valence-corrected chi connectivity index (χ1v) is 8.86. The molecule has 1 amide bonds. The van der Waals surface area contributed by atoms with Crippen molar-refractivity contribution >= 4 is 18.3 Å². The SMILES string of the molecule is Cl.O=C(CCC1CCNCC1)NC1(c2ccccc2)CCCC1. The second-order valence-electron chi connectivity index (χ2n) is 6.94. The van der Waals surface area contributed by atoms with Gasteiger partial charge < -0.3 is 10.6 Å². The lowest BCUT2D eigenvalue weighted by Crippen LogP contribution is -2.44. The standard InChI is InChI=1S/C19H28N2O.ClH/c22-18(9-8-16-10-14-20-15-11-16)21-19(12-4-5-13-19)17-6-2-1-3-7-17;/h1-3,6-7,16,20H,4-5,8-15H2,(H,21,22);1H. The molecular weight excluding hydrogens is 308 g/mol. The first-order chi connectivity index (χ1) is 10.8. The molecule has 3 rings (SSSR count). The summed E-state index contributed by atoms with van der Waals surface area (Å²) in [6.45, 7) is 2.22. The van der Waals surface area contributed by atoms with Gasteiger partial charge in [-0.1, -0.05) is 43.2 Å². The van der Waals surface area contributed by atoms with Gasteiger partial charge in [-0.05, 0) is 56.7 Å². The maximum absolute atomic E-state index is 12.5. The third-order valence-electron chi connectivity index (χ3n) is 5.40. The normalized spacial score (nSPS) is 20.7. The van der Waals surface area contributed by atoms with Crippen LogP contribution in [0.5, 0.6) is 0 Å². The molecule has 3 nitrogen and oxygen atoms in total. The molecule has 1 saturated carbocycles. The van der Waals surface area contributed by atoms with Crippen LogP contribution in [0.2, 0.25) is 0 Å². The van der Waals surface area contributed by atoms with E-state index in [1.807, 2.05) is 6.07 Å². The highest BCUT2D eigenvalue weighted by molar-refractivity contribution is 5.85. The van der Waals surface area contributed by atoms with Gasteiger partial charge in [-0.15, -0.1) is 12.4 Å². The Bertz CT molecular complexity index is 479.